The first kappa shape index (κ1) is 23.3. The van der Waals surface area contributed by atoms with Gasteiger partial charge in [0, 0.05) is 27.7 Å². The van der Waals surface area contributed by atoms with Gasteiger partial charge in [-0.3, -0.25) is 19.7 Å². The molecule has 0 aliphatic heterocycles. The molecule has 3 aromatic carbocycles. The first-order valence-electron chi connectivity index (χ1n) is 9.02. The van der Waals surface area contributed by atoms with E-state index in [4.69, 9.17) is 34.8 Å². The highest BCUT2D eigenvalue weighted by Crippen LogP contribution is 2.26. The quantitative estimate of drug-likeness (QED) is 0.253. The molecule has 3 aromatic rings. The van der Waals surface area contributed by atoms with E-state index in [9.17, 15) is 19.7 Å². The predicted molar refractivity (Wildman–Crippen MR) is 125 cm³/mol. The van der Waals surface area contributed by atoms with Crippen LogP contribution in [-0.4, -0.2) is 16.7 Å². The van der Waals surface area contributed by atoms with E-state index in [0.29, 0.717) is 15.6 Å². The molecule has 7 nitrogen and oxygen atoms in total. The van der Waals surface area contributed by atoms with Crippen LogP contribution >= 0.6 is 34.8 Å². The highest BCUT2D eigenvalue weighted by Gasteiger charge is 2.17. The number of nitro benzene ring substituents is 1. The SMILES string of the molecule is O=C(Nc1cc(Cl)ccc1Cl)/C(=C/c1cccc([N+](=O)[O-])c1)NC(=O)c1cccc(Cl)c1. The highest BCUT2D eigenvalue weighted by molar-refractivity contribution is 6.36. The van der Waals surface area contributed by atoms with Crippen molar-refractivity contribution in [3.05, 3.63) is 109 Å². The van der Waals surface area contributed by atoms with Gasteiger partial charge in [-0.05, 0) is 48.0 Å². The predicted octanol–water partition coefficient (Wildman–Crippen LogP) is 5.96. The van der Waals surface area contributed by atoms with Crippen molar-refractivity contribution in [2.75, 3.05) is 5.32 Å². The Balaban J connectivity index is 1.97. The molecule has 162 valence electrons. The van der Waals surface area contributed by atoms with Crippen LogP contribution in [0.2, 0.25) is 15.1 Å². The minimum atomic E-state index is -0.712. The van der Waals surface area contributed by atoms with Gasteiger partial charge in [-0.25, -0.2) is 0 Å². The Morgan fingerprint density at radius 2 is 1.62 bits per heavy atom. The summed E-state index contributed by atoms with van der Waals surface area (Å²) in [6.45, 7) is 0. The molecule has 10 heteroatoms. The van der Waals surface area contributed by atoms with Crippen LogP contribution < -0.4 is 10.6 Å². The number of amides is 2. The van der Waals surface area contributed by atoms with Gasteiger partial charge < -0.3 is 10.6 Å². The molecule has 0 heterocycles. The fourth-order valence-corrected chi connectivity index (χ4v) is 3.19. The van der Waals surface area contributed by atoms with Gasteiger partial charge in [0.15, 0.2) is 0 Å². The second-order valence-electron chi connectivity index (χ2n) is 6.45. The molecule has 0 aromatic heterocycles. The van der Waals surface area contributed by atoms with Crippen LogP contribution in [0, 0.1) is 10.1 Å². The molecule has 0 spiro atoms. The average molecular weight is 491 g/mol. The van der Waals surface area contributed by atoms with Crippen molar-refractivity contribution in [3.63, 3.8) is 0 Å². The van der Waals surface area contributed by atoms with E-state index in [1.54, 1.807) is 24.3 Å². The van der Waals surface area contributed by atoms with E-state index in [2.05, 4.69) is 10.6 Å². The summed E-state index contributed by atoms with van der Waals surface area (Å²) in [6, 6.07) is 16.3. The van der Waals surface area contributed by atoms with E-state index in [1.165, 1.54) is 48.5 Å². The third-order valence-corrected chi connectivity index (χ3v) is 4.95. The molecule has 0 aliphatic carbocycles. The number of hydrogen-bond acceptors (Lipinski definition) is 4. The number of benzene rings is 3. The third kappa shape index (κ3) is 6.07. The lowest BCUT2D eigenvalue weighted by Gasteiger charge is -2.12. The number of rotatable bonds is 6. The van der Waals surface area contributed by atoms with Gasteiger partial charge in [0.1, 0.15) is 5.70 Å². The molecule has 0 saturated carbocycles. The van der Waals surface area contributed by atoms with Crippen molar-refractivity contribution >= 4 is 64.1 Å². The minimum absolute atomic E-state index is 0.169. The average Bonchev–Trinajstić information content (AvgIpc) is 2.76. The number of carbonyl (C=O) groups is 2. The molecule has 2 N–H and O–H groups in total. The van der Waals surface area contributed by atoms with Crippen molar-refractivity contribution in [3.8, 4) is 0 Å². The van der Waals surface area contributed by atoms with Gasteiger partial charge in [-0.1, -0.05) is 53.0 Å². The normalized spacial score (nSPS) is 11.0. The second-order valence-corrected chi connectivity index (χ2v) is 7.73. The van der Waals surface area contributed by atoms with Crippen molar-refractivity contribution in [2.24, 2.45) is 0 Å². The van der Waals surface area contributed by atoms with Crippen LogP contribution in [0.15, 0.2) is 72.4 Å². The standard InChI is InChI=1S/C22H14Cl3N3O4/c23-15-5-2-4-14(11-15)21(29)27-20(10-13-3-1-6-17(9-13)28(31)32)22(30)26-19-12-16(24)7-8-18(19)25/h1-12H,(H,26,30)(H,27,29)/b20-10-. The molecular weight excluding hydrogens is 477 g/mol. The van der Waals surface area contributed by atoms with Crippen molar-refractivity contribution < 1.29 is 14.5 Å². The molecule has 3 rings (SSSR count). The molecule has 0 saturated heterocycles. The molecular formula is C22H14Cl3N3O4. The number of nitro groups is 1. The highest BCUT2D eigenvalue weighted by atomic mass is 35.5. The number of nitrogens with zero attached hydrogens (tertiary/aromatic N) is 1. The van der Waals surface area contributed by atoms with Crippen molar-refractivity contribution in [1.82, 2.24) is 5.32 Å². The summed E-state index contributed by atoms with van der Waals surface area (Å²) in [4.78, 5) is 36.2. The molecule has 0 atom stereocenters. The van der Waals surface area contributed by atoms with Crippen LogP contribution in [0.25, 0.3) is 6.08 Å². The molecule has 0 bridgehead atoms. The Bertz CT molecular complexity index is 1240. The lowest BCUT2D eigenvalue weighted by Crippen LogP contribution is -2.30. The number of halogens is 3. The van der Waals surface area contributed by atoms with Crippen LogP contribution in [0.5, 0.6) is 0 Å². The summed E-state index contributed by atoms with van der Waals surface area (Å²) in [5.74, 6) is -1.31. The maximum absolute atomic E-state index is 13.0. The van der Waals surface area contributed by atoms with Crippen LogP contribution in [0.3, 0.4) is 0 Å². The van der Waals surface area contributed by atoms with Gasteiger partial charge >= 0.3 is 0 Å². The molecule has 0 aliphatic rings. The summed E-state index contributed by atoms with van der Waals surface area (Å²) in [5.41, 5.74) is 0.430. The lowest BCUT2D eigenvalue weighted by atomic mass is 10.1. The molecule has 2 amide bonds. The maximum Gasteiger partial charge on any atom is 0.272 e. The number of anilines is 1. The zero-order valence-corrected chi connectivity index (χ0v) is 18.4. The Labute approximate surface area is 197 Å². The number of hydrogen-bond donors (Lipinski definition) is 2. The van der Waals surface area contributed by atoms with E-state index in [1.807, 2.05) is 0 Å². The molecule has 32 heavy (non-hydrogen) atoms. The Kier molecular flexibility index (Phi) is 7.48. The van der Waals surface area contributed by atoms with Crippen LogP contribution in [0.4, 0.5) is 11.4 Å². The summed E-state index contributed by atoms with van der Waals surface area (Å²) in [7, 11) is 0. The number of nitrogens with one attached hydrogen (secondary N) is 2. The van der Waals surface area contributed by atoms with Gasteiger partial charge in [0.05, 0.1) is 15.6 Å². The number of non-ortho nitro benzene ring substituents is 1. The van der Waals surface area contributed by atoms with Crippen LogP contribution in [-0.2, 0) is 4.79 Å². The van der Waals surface area contributed by atoms with Crippen LogP contribution in [0.1, 0.15) is 15.9 Å². The zero-order valence-electron chi connectivity index (χ0n) is 16.1. The lowest BCUT2D eigenvalue weighted by molar-refractivity contribution is -0.384. The van der Waals surface area contributed by atoms with Gasteiger partial charge in [-0.2, -0.15) is 0 Å². The van der Waals surface area contributed by atoms with E-state index < -0.39 is 16.7 Å². The van der Waals surface area contributed by atoms with Gasteiger partial charge in [0.25, 0.3) is 17.5 Å². The first-order chi connectivity index (χ1) is 15.2. The molecule has 0 unspecified atom stereocenters. The Hall–Kier alpha value is -3.39. The van der Waals surface area contributed by atoms with Crippen molar-refractivity contribution in [1.29, 1.82) is 0 Å². The molecule has 0 fully saturated rings. The summed E-state index contributed by atoms with van der Waals surface area (Å²) in [6.07, 6.45) is 1.31. The minimum Gasteiger partial charge on any atom is -0.319 e. The maximum atomic E-state index is 13.0. The largest absolute Gasteiger partial charge is 0.319 e. The molecule has 0 radical (unpaired) electrons. The fraction of sp³-hybridized carbons (Fsp3) is 0. The summed E-state index contributed by atoms with van der Waals surface area (Å²) < 4.78 is 0. The Morgan fingerprint density at radius 1 is 0.906 bits per heavy atom. The zero-order chi connectivity index (χ0) is 23.3. The van der Waals surface area contributed by atoms with Gasteiger partial charge in [0.2, 0.25) is 0 Å². The van der Waals surface area contributed by atoms with E-state index in [-0.39, 0.29) is 27.7 Å². The Morgan fingerprint density at radius 3 is 2.34 bits per heavy atom. The monoisotopic (exact) mass is 489 g/mol. The van der Waals surface area contributed by atoms with Gasteiger partial charge in [-0.15, -0.1) is 0 Å². The first-order valence-corrected chi connectivity index (χ1v) is 10.2. The van der Waals surface area contributed by atoms with Crippen molar-refractivity contribution in [2.45, 2.75) is 0 Å². The summed E-state index contributed by atoms with van der Waals surface area (Å²) >= 11 is 18.0. The van der Waals surface area contributed by atoms with E-state index >= 15 is 0 Å². The topological polar surface area (TPSA) is 101 Å². The smallest absolute Gasteiger partial charge is 0.272 e. The summed E-state index contributed by atoms with van der Waals surface area (Å²) in [5, 5.41) is 17.1. The van der Waals surface area contributed by atoms with E-state index in [0.717, 1.165) is 0 Å². The number of carbonyl (C=O) groups excluding carboxylic acids is 2. The third-order valence-electron chi connectivity index (χ3n) is 4.15. The fourth-order valence-electron chi connectivity index (χ4n) is 2.66. The second kappa shape index (κ2) is 10.3.